The summed E-state index contributed by atoms with van der Waals surface area (Å²) in [7, 11) is 1.70. The molecule has 5 rings (SSSR count). The first-order valence-electron chi connectivity index (χ1n) is 14.5. The number of piperazine rings is 1. The second kappa shape index (κ2) is 12.3. The Morgan fingerprint density at radius 1 is 1.15 bits per heavy atom. The zero-order chi connectivity index (χ0) is 29.3. The molecule has 3 aromatic rings. The van der Waals surface area contributed by atoms with Crippen molar-refractivity contribution >= 4 is 38.6 Å². The Hall–Kier alpha value is -2.66. The van der Waals surface area contributed by atoms with E-state index in [0.29, 0.717) is 39.3 Å². The molecule has 3 heterocycles. The highest BCUT2D eigenvalue weighted by Crippen LogP contribution is 2.51. The average molecular weight is 630 g/mol. The summed E-state index contributed by atoms with van der Waals surface area (Å²) in [5.74, 6) is 0. The molecule has 1 saturated carbocycles. The maximum atomic E-state index is 11.5. The van der Waals surface area contributed by atoms with Gasteiger partial charge in [-0.2, -0.15) is 0 Å². The van der Waals surface area contributed by atoms with Crippen LogP contribution in [0.3, 0.4) is 0 Å². The fourth-order valence-electron chi connectivity index (χ4n) is 5.86. The summed E-state index contributed by atoms with van der Waals surface area (Å²) in [4.78, 5) is 20.1. The molecule has 1 amide bonds. The number of nitrogens with zero attached hydrogens (tertiary/aromatic N) is 4. The Morgan fingerprint density at radius 2 is 1.88 bits per heavy atom. The van der Waals surface area contributed by atoms with Crippen LogP contribution in [0.15, 0.2) is 34.9 Å². The van der Waals surface area contributed by atoms with E-state index in [9.17, 15) is 15.0 Å². The number of aliphatic hydroxyl groups is 1. The SMILES string of the molecule is CO[C@@H](C)c1ncc(N2CCN(C(=O)O)CC2)cc1-c1c(CC2(CO)CC2)c2cc(Br)ccc2n1CCOC(C)C. The summed E-state index contributed by atoms with van der Waals surface area (Å²) in [5, 5.41) is 20.9. The molecule has 10 heteroatoms. The first kappa shape index (κ1) is 29.8. The van der Waals surface area contributed by atoms with E-state index in [4.69, 9.17) is 14.5 Å². The van der Waals surface area contributed by atoms with Gasteiger partial charge >= 0.3 is 6.09 Å². The molecule has 1 aliphatic heterocycles. The van der Waals surface area contributed by atoms with E-state index in [1.807, 2.05) is 27.0 Å². The maximum absolute atomic E-state index is 11.5. The van der Waals surface area contributed by atoms with Crippen LogP contribution in [0.25, 0.3) is 22.2 Å². The lowest BCUT2D eigenvalue weighted by Crippen LogP contribution is -2.48. The Morgan fingerprint density at radius 3 is 2.49 bits per heavy atom. The molecular formula is C31H41BrN4O5. The van der Waals surface area contributed by atoms with Crippen LogP contribution in [-0.2, 0) is 22.4 Å². The number of ether oxygens (including phenoxy) is 2. The van der Waals surface area contributed by atoms with E-state index in [1.165, 1.54) is 10.5 Å². The van der Waals surface area contributed by atoms with Crippen LogP contribution in [0.4, 0.5) is 10.5 Å². The predicted octanol–water partition coefficient (Wildman–Crippen LogP) is 5.71. The molecule has 2 aliphatic rings. The van der Waals surface area contributed by atoms with Gasteiger partial charge in [-0.15, -0.1) is 0 Å². The molecule has 0 unspecified atom stereocenters. The molecule has 1 saturated heterocycles. The number of aliphatic hydroxyl groups excluding tert-OH is 1. The molecule has 41 heavy (non-hydrogen) atoms. The molecule has 1 atom stereocenters. The molecule has 2 aromatic heterocycles. The van der Waals surface area contributed by atoms with Gasteiger partial charge in [0.25, 0.3) is 0 Å². The minimum Gasteiger partial charge on any atom is -0.465 e. The molecule has 2 fully saturated rings. The van der Waals surface area contributed by atoms with E-state index >= 15 is 0 Å². The van der Waals surface area contributed by atoms with Crippen LogP contribution in [0.1, 0.15) is 51.0 Å². The molecule has 1 aliphatic carbocycles. The number of rotatable bonds is 11. The summed E-state index contributed by atoms with van der Waals surface area (Å²) >= 11 is 3.70. The van der Waals surface area contributed by atoms with Crippen LogP contribution in [0, 0.1) is 5.41 Å². The van der Waals surface area contributed by atoms with Crippen molar-refractivity contribution in [3.63, 3.8) is 0 Å². The molecule has 0 spiro atoms. The van der Waals surface area contributed by atoms with Crippen molar-refractivity contribution in [2.75, 3.05) is 51.4 Å². The van der Waals surface area contributed by atoms with Crippen molar-refractivity contribution in [2.45, 2.75) is 58.8 Å². The van der Waals surface area contributed by atoms with Gasteiger partial charge in [-0.25, -0.2) is 4.79 Å². The Bertz CT molecular complexity index is 1390. The monoisotopic (exact) mass is 628 g/mol. The number of carboxylic acid groups (broad SMARTS) is 1. The number of fused-ring (bicyclic) bond motifs is 1. The molecule has 1 aromatic carbocycles. The molecular weight excluding hydrogens is 588 g/mol. The lowest BCUT2D eigenvalue weighted by Gasteiger charge is -2.35. The highest BCUT2D eigenvalue weighted by atomic mass is 79.9. The van der Waals surface area contributed by atoms with Crippen LogP contribution >= 0.6 is 15.9 Å². The maximum Gasteiger partial charge on any atom is 0.407 e. The van der Waals surface area contributed by atoms with Gasteiger partial charge < -0.3 is 34.1 Å². The zero-order valence-corrected chi connectivity index (χ0v) is 26.0. The van der Waals surface area contributed by atoms with Crippen molar-refractivity contribution in [1.82, 2.24) is 14.5 Å². The quantitative estimate of drug-likeness (QED) is 0.280. The van der Waals surface area contributed by atoms with E-state index in [1.54, 1.807) is 7.11 Å². The molecule has 0 bridgehead atoms. The topological polar surface area (TPSA) is 100 Å². The highest BCUT2D eigenvalue weighted by Gasteiger charge is 2.43. The first-order chi connectivity index (χ1) is 19.7. The smallest absolute Gasteiger partial charge is 0.407 e. The normalized spacial score (nSPS) is 17.4. The van der Waals surface area contributed by atoms with Gasteiger partial charge in [-0.3, -0.25) is 4.98 Å². The average Bonchev–Trinajstić information content (AvgIpc) is 3.69. The standard InChI is InChI=1S/C31H41BrN4O5/c1-20(2)41-14-13-36-27-6-5-22(32)15-24(27)26(17-31(19-37)7-8-31)29(36)25-16-23(18-33-28(25)21(3)40-4)34-9-11-35(12-10-34)30(38)39/h5-6,15-16,18,20-21,37H,7-14,17,19H2,1-4H3,(H,38,39)/t21-/m0/s1. The van der Waals surface area contributed by atoms with E-state index < -0.39 is 6.09 Å². The van der Waals surface area contributed by atoms with Gasteiger partial charge in [0.2, 0.25) is 0 Å². The van der Waals surface area contributed by atoms with Crippen molar-refractivity contribution in [2.24, 2.45) is 5.41 Å². The Kier molecular flexibility index (Phi) is 8.94. The largest absolute Gasteiger partial charge is 0.465 e. The number of benzene rings is 1. The summed E-state index contributed by atoms with van der Waals surface area (Å²) in [6.07, 6.45) is 3.67. The number of methoxy groups -OCH3 is 1. The van der Waals surface area contributed by atoms with Crippen molar-refractivity contribution in [1.29, 1.82) is 0 Å². The Labute approximate surface area is 250 Å². The molecule has 2 N–H and O–H groups in total. The molecule has 9 nitrogen and oxygen atoms in total. The van der Waals surface area contributed by atoms with E-state index in [-0.39, 0.29) is 24.2 Å². The van der Waals surface area contributed by atoms with Gasteiger partial charge in [0.05, 0.1) is 42.1 Å². The summed E-state index contributed by atoms with van der Waals surface area (Å²) < 4.78 is 15.2. The minimum absolute atomic E-state index is 0.101. The fraction of sp³-hybridized carbons (Fsp3) is 0.548. The zero-order valence-electron chi connectivity index (χ0n) is 24.4. The van der Waals surface area contributed by atoms with Crippen LogP contribution in [0.2, 0.25) is 0 Å². The van der Waals surface area contributed by atoms with Crippen LogP contribution in [-0.4, -0.2) is 83.4 Å². The number of halogens is 1. The van der Waals surface area contributed by atoms with Gasteiger partial charge in [-0.1, -0.05) is 15.9 Å². The number of anilines is 1. The molecule has 222 valence electrons. The number of hydrogen-bond acceptors (Lipinski definition) is 6. The third-order valence-electron chi connectivity index (χ3n) is 8.55. The lowest BCUT2D eigenvalue weighted by molar-refractivity contribution is 0.0735. The third-order valence-corrected chi connectivity index (χ3v) is 9.05. The number of amides is 1. The second-order valence-electron chi connectivity index (χ2n) is 11.7. The third kappa shape index (κ3) is 6.26. The van der Waals surface area contributed by atoms with E-state index in [0.717, 1.165) is 57.3 Å². The number of aromatic nitrogens is 2. The summed E-state index contributed by atoms with van der Waals surface area (Å²) in [6, 6.07) is 8.61. The Balaban J connectivity index is 1.69. The second-order valence-corrected chi connectivity index (χ2v) is 12.6. The first-order valence-corrected chi connectivity index (χ1v) is 15.2. The van der Waals surface area contributed by atoms with Gasteiger partial charge in [0.1, 0.15) is 0 Å². The lowest BCUT2D eigenvalue weighted by atomic mass is 9.92. The summed E-state index contributed by atoms with van der Waals surface area (Å²) in [5.41, 5.74) is 6.12. The van der Waals surface area contributed by atoms with Crippen molar-refractivity contribution in [3.8, 4) is 11.3 Å². The van der Waals surface area contributed by atoms with Gasteiger partial charge in [0, 0.05) is 67.4 Å². The van der Waals surface area contributed by atoms with Crippen molar-refractivity contribution in [3.05, 3.63) is 46.2 Å². The highest BCUT2D eigenvalue weighted by molar-refractivity contribution is 9.10. The van der Waals surface area contributed by atoms with Gasteiger partial charge in [0.15, 0.2) is 0 Å². The van der Waals surface area contributed by atoms with E-state index in [2.05, 4.69) is 49.7 Å². The fourth-order valence-corrected chi connectivity index (χ4v) is 6.22. The van der Waals surface area contributed by atoms with Crippen molar-refractivity contribution < 1.29 is 24.5 Å². The minimum atomic E-state index is -0.880. The van der Waals surface area contributed by atoms with Crippen LogP contribution in [0.5, 0.6) is 0 Å². The predicted molar refractivity (Wildman–Crippen MR) is 164 cm³/mol. The van der Waals surface area contributed by atoms with Crippen LogP contribution < -0.4 is 4.90 Å². The number of carbonyl (C=O) groups is 1. The number of hydrogen-bond donors (Lipinski definition) is 2. The summed E-state index contributed by atoms with van der Waals surface area (Å²) in [6.45, 7) is 9.61. The van der Waals surface area contributed by atoms with Gasteiger partial charge in [-0.05, 0) is 75.3 Å². The molecule has 0 radical (unpaired) electrons. The number of pyridine rings is 1.